The normalized spacial score (nSPS) is 12.7. The summed E-state index contributed by atoms with van der Waals surface area (Å²) in [5, 5.41) is 0. The van der Waals surface area contributed by atoms with Gasteiger partial charge in [0, 0.05) is 6.54 Å². The molecule has 1 aliphatic rings. The van der Waals surface area contributed by atoms with Crippen LogP contribution >= 0.6 is 0 Å². The molecule has 2 aromatic carbocycles. The molecule has 0 radical (unpaired) electrons. The fourth-order valence-electron chi connectivity index (χ4n) is 2.43. The molecule has 0 aliphatic carbocycles. The summed E-state index contributed by atoms with van der Waals surface area (Å²) in [6.07, 6.45) is 0.335. The van der Waals surface area contributed by atoms with E-state index in [1.807, 2.05) is 53.4 Å². The maximum absolute atomic E-state index is 10.9. The van der Waals surface area contributed by atoms with Crippen LogP contribution in [0, 0.1) is 0 Å². The molecule has 1 heterocycles. The summed E-state index contributed by atoms with van der Waals surface area (Å²) in [6, 6.07) is 15.2. The van der Waals surface area contributed by atoms with Gasteiger partial charge in [-0.1, -0.05) is 24.3 Å². The van der Waals surface area contributed by atoms with Gasteiger partial charge in [-0.15, -0.1) is 0 Å². The Kier molecular flexibility index (Phi) is 5.52. The zero-order valence-electron chi connectivity index (χ0n) is 11.3. The fraction of sp³-hybridized carbons (Fsp3) is 0.200. The van der Waals surface area contributed by atoms with E-state index in [-0.39, 0.29) is 35.3 Å². The monoisotopic (exact) mass is 329 g/mol. The van der Waals surface area contributed by atoms with Gasteiger partial charge in [0.1, 0.15) is 0 Å². The van der Waals surface area contributed by atoms with Gasteiger partial charge in [-0.3, -0.25) is 4.55 Å². The third-order valence-electron chi connectivity index (χ3n) is 3.32. The number of hydrogen-bond acceptors (Lipinski definition) is 4. The van der Waals surface area contributed by atoms with Crippen LogP contribution in [0.1, 0.15) is 6.42 Å². The van der Waals surface area contributed by atoms with Crippen LogP contribution in [0.5, 0.6) is 11.5 Å². The zero-order valence-corrected chi connectivity index (χ0v) is 12.1. The van der Waals surface area contributed by atoms with Crippen molar-refractivity contribution in [2.45, 2.75) is 6.42 Å². The first-order valence-electron chi connectivity index (χ1n) is 6.63. The Morgan fingerprint density at radius 1 is 0.955 bits per heavy atom. The van der Waals surface area contributed by atoms with Crippen LogP contribution < -0.4 is 9.64 Å². The molecule has 0 atom stereocenters. The van der Waals surface area contributed by atoms with E-state index in [0.29, 0.717) is 13.0 Å². The van der Waals surface area contributed by atoms with E-state index in [9.17, 15) is 8.42 Å². The van der Waals surface area contributed by atoms with Crippen LogP contribution in [0.25, 0.3) is 0 Å². The molecule has 112 valence electrons. The predicted octanol–water partition coefficient (Wildman–Crippen LogP) is 2.56. The van der Waals surface area contributed by atoms with Crippen LogP contribution in [-0.2, 0) is 10.1 Å². The van der Waals surface area contributed by atoms with Crippen molar-refractivity contribution in [3.8, 4) is 11.5 Å². The van der Waals surface area contributed by atoms with Gasteiger partial charge in [0.05, 0.1) is 17.1 Å². The molecular weight excluding hydrogens is 313 g/mol. The van der Waals surface area contributed by atoms with Crippen LogP contribution in [0.4, 0.5) is 11.4 Å². The summed E-state index contributed by atoms with van der Waals surface area (Å²) in [6.45, 7) is 0.483. The summed E-state index contributed by atoms with van der Waals surface area (Å²) in [5.74, 6) is 1.22. The predicted molar refractivity (Wildman–Crippen MR) is 88.1 cm³/mol. The average Bonchev–Trinajstić information content (AvgIpc) is 2.45. The number of ether oxygens (including phenoxy) is 1. The maximum atomic E-state index is 10.9. The second kappa shape index (κ2) is 7.02. The molecule has 0 saturated carbocycles. The quantitative estimate of drug-likeness (QED) is 0.690. The Labute approximate surface area is 151 Å². The van der Waals surface area contributed by atoms with E-state index < -0.39 is 10.1 Å². The standard InChI is InChI=1S/C15H15NO4S.Na.H/c17-21(18,19)11-5-10-16-12-6-1-3-8-14(12)20-15-9-4-2-7-13(15)16;;/h1-4,6-9H,5,10-11H2,(H,17,18,19);;. The molecule has 3 rings (SSSR count). The molecule has 0 bridgehead atoms. The summed E-state index contributed by atoms with van der Waals surface area (Å²) in [5.41, 5.74) is 1.79. The molecule has 5 nitrogen and oxygen atoms in total. The molecule has 0 fully saturated rings. The minimum absolute atomic E-state index is 0. The summed E-state index contributed by atoms with van der Waals surface area (Å²) in [4.78, 5) is 2.01. The first-order valence-corrected chi connectivity index (χ1v) is 8.24. The molecule has 0 spiro atoms. The van der Waals surface area contributed by atoms with Crippen LogP contribution in [0.3, 0.4) is 0 Å². The topological polar surface area (TPSA) is 66.8 Å². The number of anilines is 2. The van der Waals surface area contributed by atoms with Crippen molar-refractivity contribution in [3.05, 3.63) is 48.5 Å². The molecule has 22 heavy (non-hydrogen) atoms. The second-order valence-electron chi connectivity index (χ2n) is 4.83. The van der Waals surface area contributed by atoms with Gasteiger partial charge < -0.3 is 9.64 Å². The van der Waals surface area contributed by atoms with E-state index >= 15 is 0 Å². The molecular formula is C15H16NNaO4S. The average molecular weight is 329 g/mol. The molecule has 0 amide bonds. The van der Waals surface area contributed by atoms with Gasteiger partial charge in [0.15, 0.2) is 11.5 Å². The third kappa shape index (κ3) is 3.83. The second-order valence-corrected chi connectivity index (χ2v) is 6.40. The first-order chi connectivity index (χ1) is 10.0. The van der Waals surface area contributed by atoms with Crippen LogP contribution in [-0.4, -0.2) is 54.8 Å². The number of rotatable bonds is 4. The minimum atomic E-state index is -3.94. The number of fused-ring (bicyclic) bond motifs is 2. The first kappa shape index (κ1) is 17.3. The van der Waals surface area contributed by atoms with Crippen molar-refractivity contribution in [1.82, 2.24) is 0 Å². The molecule has 7 heteroatoms. The van der Waals surface area contributed by atoms with Crippen molar-refractivity contribution in [2.75, 3.05) is 17.2 Å². The fourth-order valence-corrected chi connectivity index (χ4v) is 2.92. The Balaban J connectivity index is 0.00000176. The Hall–Kier alpha value is -1.05. The number of hydrogen-bond donors (Lipinski definition) is 1. The molecule has 2 aromatic rings. The molecule has 1 N–H and O–H groups in total. The van der Waals surface area contributed by atoms with Gasteiger partial charge >= 0.3 is 29.6 Å². The van der Waals surface area contributed by atoms with E-state index in [1.54, 1.807) is 0 Å². The Morgan fingerprint density at radius 3 is 1.95 bits per heavy atom. The molecule has 0 aromatic heterocycles. The Morgan fingerprint density at radius 2 is 1.45 bits per heavy atom. The van der Waals surface area contributed by atoms with E-state index in [0.717, 1.165) is 22.9 Å². The van der Waals surface area contributed by atoms with E-state index in [4.69, 9.17) is 9.29 Å². The number of nitrogens with zero attached hydrogens (tertiary/aromatic N) is 1. The van der Waals surface area contributed by atoms with Crippen LogP contribution in [0.15, 0.2) is 48.5 Å². The van der Waals surface area contributed by atoms with E-state index in [2.05, 4.69) is 0 Å². The molecule has 0 saturated heterocycles. The van der Waals surface area contributed by atoms with Crippen molar-refractivity contribution < 1.29 is 17.7 Å². The van der Waals surface area contributed by atoms with Gasteiger partial charge in [0.25, 0.3) is 10.1 Å². The van der Waals surface area contributed by atoms with Crippen molar-refractivity contribution in [1.29, 1.82) is 0 Å². The summed E-state index contributed by atoms with van der Waals surface area (Å²) < 4.78 is 36.5. The van der Waals surface area contributed by atoms with Gasteiger partial charge in [0.2, 0.25) is 0 Å². The summed E-state index contributed by atoms with van der Waals surface area (Å²) in [7, 11) is -3.94. The van der Waals surface area contributed by atoms with Gasteiger partial charge in [-0.2, -0.15) is 8.42 Å². The van der Waals surface area contributed by atoms with Crippen LogP contribution in [0.2, 0.25) is 0 Å². The van der Waals surface area contributed by atoms with Crippen molar-refractivity contribution >= 4 is 51.1 Å². The van der Waals surface area contributed by atoms with Crippen molar-refractivity contribution in [2.24, 2.45) is 0 Å². The SMILES string of the molecule is O=S(=O)(O)CCCN1c2ccccc2Oc2ccccc21.[NaH]. The van der Waals surface area contributed by atoms with Crippen molar-refractivity contribution in [3.63, 3.8) is 0 Å². The van der Waals surface area contributed by atoms with Gasteiger partial charge in [-0.25, -0.2) is 0 Å². The molecule has 0 unspecified atom stereocenters. The summed E-state index contributed by atoms with van der Waals surface area (Å²) >= 11 is 0. The van der Waals surface area contributed by atoms with Gasteiger partial charge in [-0.05, 0) is 30.7 Å². The van der Waals surface area contributed by atoms with E-state index in [1.165, 1.54) is 0 Å². The number of para-hydroxylation sites is 4. The third-order valence-corrected chi connectivity index (χ3v) is 4.12. The Bertz CT molecular complexity index is 718. The zero-order chi connectivity index (χ0) is 14.9. The number of benzene rings is 2. The molecule has 1 aliphatic heterocycles.